The number of rotatable bonds is 8. The van der Waals surface area contributed by atoms with Crippen molar-refractivity contribution in [2.75, 3.05) is 26.9 Å². The minimum atomic E-state index is -1.24. The largest absolute Gasteiger partial charge is 0.468 e. The first-order chi connectivity index (χ1) is 14.6. The monoisotopic (exact) mass is 481 g/mol. The minimum absolute atomic E-state index is 0.0622. The lowest BCUT2D eigenvalue weighted by molar-refractivity contribution is -0.142. The average Bonchev–Trinajstić information content (AvgIpc) is 2.97. The Balaban J connectivity index is 1.90. The number of methoxy groups -OCH3 is 1. The van der Waals surface area contributed by atoms with E-state index in [1.54, 1.807) is 6.07 Å². The van der Waals surface area contributed by atoms with Crippen molar-refractivity contribution < 1.29 is 19.1 Å². The summed E-state index contributed by atoms with van der Waals surface area (Å²) in [5, 5.41) is 0.389. The summed E-state index contributed by atoms with van der Waals surface area (Å²) in [7, 11) is 0.0619. The normalized spacial score (nSPS) is 15.9. The summed E-state index contributed by atoms with van der Waals surface area (Å²) in [5.74, 6) is -0.753. The summed E-state index contributed by atoms with van der Waals surface area (Å²) in [6, 6.07) is 6.03. The second-order valence-corrected chi connectivity index (χ2v) is 14.9. The van der Waals surface area contributed by atoms with Crippen LogP contribution in [0.1, 0.15) is 22.0 Å². The molecule has 166 valence electrons. The fourth-order valence-corrected chi connectivity index (χ4v) is 4.42. The quantitative estimate of drug-likeness (QED) is 0.239. The molecule has 7 nitrogen and oxygen atoms in total. The van der Waals surface area contributed by atoms with Crippen molar-refractivity contribution in [1.29, 1.82) is 0 Å². The fraction of sp³-hybridized carbons (Fsp3) is 0.429. The van der Waals surface area contributed by atoms with Crippen LogP contribution in [0.2, 0.25) is 36.0 Å². The number of nitrogens with zero attached hydrogens (tertiary/aromatic N) is 3. The van der Waals surface area contributed by atoms with Gasteiger partial charge in [0.25, 0.3) is 5.91 Å². The molecule has 0 aliphatic carbocycles. The van der Waals surface area contributed by atoms with Crippen LogP contribution in [0, 0.1) is 0 Å². The molecule has 3 rings (SSSR count). The van der Waals surface area contributed by atoms with E-state index in [1.807, 2.05) is 12.1 Å². The van der Waals surface area contributed by atoms with Gasteiger partial charge in [0.05, 0.1) is 36.7 Å². The van der Waals surface area contributed by atoms with E-state index in [0.29, 0.717) is 35.1 Å². The Labute approximate surface area is 192 Å². The van der Waals surface area contributed by atoms with Crippen molar-refractivity contribution in [3.8, 4) is 11.3 Å². The predicted molar refractivity (Wildman–Crippen MR) is 122 cm³/mol. The van der Waals surface area contributed by atoms with Crippen LogP contribution in [0.4, 0.5) is 0 Å². The third-order valence-electron chi connectivity index (χ3n) is 5.07. The van der Waals surface area contributed by atoms with Crippen molar-refractivity contribution in [2.45, 2.75) is 31.7 Å². The zero-order valence-corrected chi connectivity index (χ0v) is 20.5. The molecule has 0 saturated heterocycles. The Morgan fingerprint density at radius 1 is 1.26 bits per heavy atom. The van der Waals surface area contributed by atoms with E-state index >= 15 is 0 Å². The maximum absolute atomic E-state index is 13.2. The third kappa shape index (κ3) is 5.63. The van der Waals surface area contributed by atoms with E-state index in [4.69, 9.17) is 32.7 Å². The molecule has 1 aliphatic rings. The number of hydrogen-bond donors (Lipinski definition) is 0. The van der Waals surface area contributed by atoms with E-state index in [2.05, 4.69) is 29.6 Å². The molecule has 0 spiro atoms. The number of esters is 1. The molecule has 1 unspecified atom stereocenters. The van der Waals surface area contributed by atoms with Gasteiger partial charge in [0.2, 0.25) is 5.28 Å². The van der Waals surface area contributed by atoms with Crippen LogP contribution >= 0.6 is 23.2 Å². The van der Waals surface area contributed by atoms with Crippen LogP contribution in [0.15, 0.2) is 24.4 Å². The van der Waals surface area contributed by atoms with Crippen molar-refractivity contribution in [3.63, 3.8) is 0 Å². The molecular formula is C21H25Cl2N3O4Si. The SMILES string of the molecule is COC(=O)CN1C(=O)c2cc(-c3nc(Cl)ncc3Cl)ccc2C1COCC[Si](C)(C)C. The first kappa shape index (κ1) is 23.7. The van der Waals surface area contributed by atoms with Gasteiger partial charge in [-0.15, -0.1) is 0 Å². The number of aromatic nitrogens is 2. The lowest BCUT2D eigenvalue weighted by atomic mass is 10.0. The van der Waals surface area contributed by atoms with Crippen molar-refractivity contribution in [3.05, 3.63) is 45.8 Å². The Morgan fingerprint density at radius 2 is 2.00 bits per heavy atom. The standard InChI is InChI=1S/C21H25Cl2N3O4Si/c1-29-18(27)11-26-17(12-30-7-8-31(2,3)4)14-6-5-13(9-15(14)20(26)28)19-16(22)10-24-21(23)25-19/h5-6,9-10,17H,7-8,11-12H2,1-4H3. The highest BCUT2D eigenvalue weighted by Crippen LogP contribution is 2.37. The third-order valence-corrected chi connectivity index (χ3v) is 7.23. The average molecular weight is 482 g/mol. The number of hydrogen-bond acceptors (Lipinski definition) is 6. The number of benzene rings is 1. The number of amides is 1. The van der Waals surface area contributed by atoms with Crippen LogP contribution in [0.25, 0.3) is 11.3 Å². The van der Waals surface area contributed by atoms with Crippen molar-refractivity contribution in [1.82, 2.24) is 14.9 Å². The van der Waals surface area contributed by atoms with Crippen molar-refractivity contribution >= 4 is 43.2 Å². The van der Waals surface area contributed by atoms with E-state index in [0.717, 1.165) is 11.6 Å². The molecule has 1 aliphatic heterocycles. The van der Waals surface area contributed by atoms with Gasteiger partial charge in [-0.3, -0.25) is 9.59 Å². The summed E-state index contributed by atoms with van der Waals surface area (Å²) in [4.78, 5) is 34.6. The van der Waals surface area contributed by atoms with Gasteiger partial charge in [0.15, 0.2) is 0 Å². The molecule has 0 saturated carbocycles. The molecule has 0 bridgehead atoms. The van der Waals surface area contributed by atoms with Gasteiger partial charge in [-0.05, 0) is 29.3 Å². The molecule has 1 aromatic heterocycles. The zero-order chi connectivity index (χ0) is 22.8. The second-order valence-electron chi connectivity index (χ2n) is 8.55. The van der Waals surface area contributed by atoms with Crippen LogP contribution in [-0.4, -0.2) is 61.7 Å². The number of halogens is 2. The molecule has 0 radical (unpaired) electrons. The lowest BCUT2D eigenvalue weighted by Gasteiger charge is -2.25. The molecule has 2 heterocycles. The fourth-order valence-electron chi connectivity index (χ4n) is 3.33. The maximum atomic E-state index is 13.2. The van der Waals surface area contributed by atoms with Crippen LogP contribution in [0.3, 0.4) is 0 Å². The number of carbonyl (C=O) groups is 2. The van der Waals surface area contributed by atoms with E-state index in [9.17, 15) is 9.59 Å². The Kier molecular flexibility index (Phi) is 7.36. The molecule has 1 atom stereocenters. The van der Waals surface area contributed by atoms with Gasteiger partial charge in [-0.25, -0.2) is 9.97 Å². The van der Waals surface area contributed by atoms with Gasteiger partial charge >= 0.3 is 5.97 Å². The predicted octanol–water partition coefficient (Wildman–Crippen LogP) is 4.48. The Bertz CT molecular complexity index is 997. The molecule has 0 N–H and O–H groups in total. The van der Waals surface area contributed by atoms with E-state index < -0.39 is 14.0 Å². The van der Waals surface area contributed by atoms with Gasteiger partial charge < -0.3 is 14.4 Å². The molecular weight excluding hydrogens is 457 g/mol. The summed E-state index contributed by atoms with van der Waals surface area (Å²) in [6.45, 7) is 7.61. The van der Waals surface area contributed by atoms with Gasteiger partial charge in [0, 0.05) is 25.8 Å². The highest BCUT2D eigenvalue weighted by atomic mass is 35.5. The molecule has 2 aromatic rings. The number of fused-ring (bicyclic) bond motifs is 1. The van der Waals surface area contributed by atoms with E-state index in [-0.39, 0.29) is 23.8 Å². The minimum Gasteiger partial charge on any atom is -0.468 e. The van der Waals surface area contributed by atoms with Crippen LogP contribution in [-0.2, 0) is 14.3 Å². The van der Waals surface area contributed by atoms with Crippen LogP contribution in [0.5, 0.6) is 0 Å². The highest BCUT2D eigenvalue weighted by Gasteiger charge is 2.38. The van der Waals surface area contributed by atoms with Gasteiger partial charge in [-0.2, -0.15) is 0 Å². The topological polar surface area (TPSA) is 81.6 Å². The number of ether oxygens (including phenoxy) is 2. The molecule has 0 fully saturated rings. The molecule has 1 aromatic carbocycles. The molecule has 31 heavy (non-hydrogen) atoms. The van der Waals surface area contributed by atoms with E-state index in [1.165, 1.54) is 18.2 Å². The first-order valence-electron chi connectivity index (χ1n) is 9.88. The molecule has 1 amide bonds. The smallest absolute Gasteiger partial charge is 0.325 e. The maximum Gasteiger partial charge on any atom is 0.325 e. The Morgan fingerprint density at radius 3 is 2.68 bits per heavy atom. The lowest BCUT2D eigenvalue weighted by Crippen LogP contribution is -2.36. The Hall–Kier alpha value is -2.00. The molecule has 10 heteroatoms. The number of carbonyl (C=O) groups excluding carboxylic acids is 2. The first-order valence-corrected chi connectivity index (χ1v) is 14.3. The summed E-state index contributed by atoms with van der Waals surface area (Å²) >= 11 is 12.1. The van der Waals surface area contributed by atoms with Gasteiger partial charge in [0.1, 0.15) is 6.54 Å². The van der Waals surface area contributed by atoms with Crippen LogP contribution < -0.4 is 0 Å². The van der Waals surface area contributed by atoms with Gasteiger partial charge in [-0.1, -0.05) is 43.4 Å². The highest BCUT2D eigenvalue weighted by molar-refractivity contribution is 6.76. The second kappa shape index (κ2) is 9.64. The van der Waals surface area contributed by atoms with Crippen molar-refractivity contribution in [2.24, 2.45) is 0 Å². The summed E-state index contributed by atoms with van der Waals surface area (Å²) in [6.07, 6.45) is 1.42. The summed E-state index contributed by atoms with van der Waals surface area (Å²) < 4.78 is 10.7. The zero-order valence-electron chi connectivity index (χ0n) is 17.9. The summed E-state index contributed by atoms with van der Waals surface area (Å²) in [5.41, 5.74) is 2.35.